The number of nitrogens with zero attached hydrogens (tertiary/aromatic N) is 1. The molecular weight excluding hydrogens is 558 g/mol. The van der Waals surface area contributed by atoms with E-state index in [1.165, 1.54) is 11.8 Å². The van der Waals surface area contributed by atoms with Gasteiger partial charge in [0.1, 0.15) is 12.6 Å². The predicted octanol–water partition coefficient (Wildman–Crippen LogP) is 4.95. The number of hydrogen-bond donors (Lipinski definition) is 3. The maximum absolute atomic E-state index is 13.5. The minimum atomic E-state index is -1.16. The molecule has 234 valence electrons. The molecule has 3 aromatic rings. The highest BCUT2D eigenvalue weighted by Crippen LogP contribution is 2.20. The molecule has 0 bridgehead atoms. The maximum atomic E-state index is 13.5. The zero-order valence-corrected chi connectivity index (χ0v) is 25.7. The van der Waals surface area contributed by atoms with E-state index in [9.17, 15) is 24.3 Å². The number of ether oxygens (including phenoxy) is 1. The van der Waals surface area contributed by atoms with E-state index >= 15 is 0 Å². The maximum Gasteiger partial charge on any atom is 0.326 e. The van der Waals surface area contributed by atoms with Gasteiger partial charge in [0.2, 0.25) is 5.91 Å². The number of amides is 3. The molecule has 3 amide bonds. The van der Waals surface area contributed by atoms with E-state index in [0.29, 0.717) is 19.4 Å². The third kappa shape index (κ3) is 11.6. The van der Waals surface area contributed by atoms with Gasteiger partial charge < -0.3 is 25.4 Å². The van der Waals surface area contributed by atoms with E-state index in [2.05, 4.69) is 10.6 Å². The van der Waals surface area contributed by atoms with Crippen molar-refractivity contribution in [3.05, 3.63) is 96.1 Å². The van der Waals surface area contributed by atoms with Gasteiger partial charge in [0.25, 0.3) is 0 Å². The molecule has 44 heavy (non-hydrogen) atoms. The first-order chi connectivity index (χ1) is 21.1. The number of nitrogens with one attached hydrogen (secondary N) is 2. The van der Waals surface area contributed by atoms with Gasteiger partial charge in [0.05, 0.1) is 12.5 Å². The monoisotopic (exact) mass is 601 g/mol. The van der Waals surface area contributed by atoms with Crippen LogP contribution in [0.15, 0.2) is 84.9 Å². The Morgan fingerprint density at radius 3 is 2.02 bits per heavy atom. The molecule has 0 unspecified atom stereocenters. The fraction of sp³-hybridized carbons (Fsp3) is 0.371. The van der Waals surface area contributed by atoms with E-state index < -0.39 is 29.9 Å². The second-order valence-corrected chi connectivity index (χ2v) is 11.3. The van der Waals surface area contributed by atoms with Crippen molar-refractivity contribution < 1.29 is 29.0 Å². The summed E-state index contributed by atoms with van der Waals surface area (Å²) in [5, 5.41) is 15.3. The largest absolute Gasteiger partial charge is 0.480 e. The second-order valence-electron chi connectivity index (χ2n) is 11.3. The molecule has 0 saturated carbocycles. The molecule has 0 aliphatic heterocycles. The topological polar surface area (TPSA) is 125 Å². The fourth-order valence-corrected chi connectivity index (χ4v) is 4.85. The minimum absolute atomic E-state index is 0.0147. The molecule has 2 atom stereocenters. The summed E-state index contributed by atoms with van der Waals surface area (Å²) < 4.78 is 5.46. The molecular formula is C35H43N3O6. The van der Waals surface area contributed by atoms with Gasteiger partial charge in [-0.25, -0.2) is 9.59 Å². The number of hydrogen-bond acceptors (Lipinski definition) is 5. The molecule has 3 N–H and O–H groups in total. The van der Waals surface area contributed by atoms with Gasteiger partial charge in [-0.2, -0.15) is 0 Å². The SMILES string of the molecule is CC(=O)NCCOC(=O)[C@@H](CCc1ccccc1)CN(CC(C)C)C(=O)N[C@@H](Cc1ccc(-c2ccccc2)cc1)C(=O)O. The molecule has 0 aliphatic rings. The minimum Gasteiger partial charge on any atom is -0.480 e. The predicted molar refractivity (Wildman–Crippen MR) is 170 cm³/mol. The Kier molecular flexibility index (Phi) is 13.4. The van der Waals surface area contributed by atoms with Crippen LogP contribution in [0.4, 0.5) is 4.79 Å². The van der Waals surface area contributed by atoms with E-state index in [1.807, 2.05) is 98.8 Å². The third-order valence-electron chi connectivity index (χ3n) is 7.09. The first-order valence-corrected chi connectivity index (χ1v) is 15.0. The van der Waals surface area contributed by atoms with Crippen molar-refractivity contribution in [2.24, 2.45) is 11.8 Å². The molecule has 0 fully saturated rings. The van der Waals surface area contributed by atoms with Crippen molar-refractivity contribution in [1.29, 1.82) is 0 Å². The van der Waals surface area contributed by atoms with Gasteiger partial charge in [-0.3, -0.25) is 9.59 Å². The van der Waals surface area contributed by atoms with E-state index in [-0.39, 0.29) is 37.9 Å². The first kappa shape index (κ1) is 33.8. The van der Waals surface area contributed by atoms with Crippen LogP contribution in [0.25, 0.3) is 11.1 Å². The standard InChI is InChI=1S/C35H43N3O6/c1-25(2)23-38(24-31(19-14-27-10-6-4-7-11-27)34(42)44-21-20-36-26(3)39)35(43)37-32(33(40)41)22-28-15-17-30(18-16-28)29-12-8-5-9-13-29/h4-13,15-18,25,31-32H,14,19-24H2,1-3H3,(H,36,39)(H,37,43)(H,40,41)/t31-,32-/m0/s1. The van der Waals surface area contributed by atoms with E-state index in [0.717, 1.165) is 22.3 Å². The van der Waals surface area contributed by atoms with Crippen LogP contribution in [0.3, 0.4) is 0 Å². The molecule has 3 rings (SSSR count). The first-order valence-electron chi connectivity index (χ1n) is 15.0. The zero-order chi connectivity index (χ0) is 31.9. The summed E-state index contributed by atoms with van der Waals surface area (Å²) >= 11 is 0. The Labute approximate surface area is 259 Å². The van der Waals surface area contributed by atoms with Gasteiger partial charge in [-0.1, -0.05) is 98.8 Å². The lowest BCUT2D eigenvalue weighted by Crippen LogP contribution is -2.51. The van der Waals surface area contributed by atoms with Crippen LogP contribution < -0.4 is 10.6 Å². The molecule has 0 aliphatic carbocycles. The van der Waals surface area contributed by atoms with Crippen LogP contribution in [0.2, 0.25) is 0 Å². The van der Waals surface area contributed by atoms with Crippen LogP contribution in [0.1, 0.15) is 38.3 Å². The van der Waals surface area contributed by atoms with Gasteiger partial charge in [-0.15, -0.1) is 0 Å². The van der Waals surface area contributed by atoms with Crippen molar-refractivity contribution in [3.63, 3.8) is 0 Å². The Bertz CT molecular complexity index is 1350. The number of carboxylic acid groups (broad SMARTS) is 1. The van der Waals surface area contributed by atoms with Gasteiger partial charge in [0, 0.05) is 26.4 Å². The Morgan fingerprint density at radius 1 is 0.818 bits per heavy atom. The summed E-state index contributed by atoms with van der Waals surface area (Å²) in [5.74, 6) is -2.42. The molecule has 3 aromatic carbocycles. The number of carbonyl (C=O) groups is 4. The van der Waals surface area contributed by atoms with Crippen LogP contribution >= 0.6 is 0 Å². The Hall–Kier alpha value is -4.66. The lowest BCUT2D eigenvalue weighted by molar-refractivity contribution is -0.149. The number of benzene rings is 3. The summed E-state index contributed by atoms with van der Waals surface area (Å²) in [7, 11) is 0. The molecule has 0 heterocycles. The number of aliphatic carboxylic acids is 1. The van der Waals surface area contributed by atoms with Crippen molar-refractivity contribution in [2.45, 2.75) is 46.1 Å². The highest BCUT2D eigenvalue weighted by molar-refractivity contribution is 5.83. The second kappa shape index (κ2) is 17.5. The number of aryl methyl sites for hydroxylation is 1. The molecule has 0 aromatic heterocycles. The Balaban J connectivity index is 1.71. The van der Waals surface area contributed by atoms with Crippen molar-refractivity contribution in [2.75, 3.05) is 26.2 Å². The van der Waals surface area contributed by atoms with Gasteiger partial charge in [0.15, 0.2) is 0 Å². The van der Waals surface area contributed by atoms with Crippen LogP contribution in [-0.2, 0) is 32.0 Å². The highest BCUT2D eigenvalue weighted by atomic mass is 16.5. The summed E-state index contributed by atoms with van der Waals surface area (Å²) in [6.07, 6.45) is 1.13. The number of carboxylic acids is 1. The third-order valence-corrected chi connectivity index (χ3v) is 7.09. The van der Waals surface area contributed by atoms with E-state index in [1.54, 1.807) is 0 Å². The lowest BCUT2D eigenvalue weighted by Gasteiger charge is -2.30. The van der Waals surface area contributed by atoms with Crippen molar-refractivity contribution in [3.8, 4) is 11.1 Å². The van der Waals surface area contributed by atoms with Crippen molar-refractivity contribution >= 4 is 23.9 Å². The summed E-state index contributed by atoms with van der Waals surface area (Å²) in [6, 6.07) is 25.5. The van der Waals surface area contributed by atoms with Crippen LogP contribution in [-0.4, -0.2) is 66.2 Å². The lowest BCUT2D eigenvalue weighted by atomic mass is 9.98. The molecule has 0 radical (unpaired) electrons. The summed E-state index contributed by atoms with van der Waals surface area (Å²) in [4.78, 5) is 51.6. The molecule has 0 spiro atoms. The number of rotatable bonds is 16. The number of esters is 1. The van der Waals surface area contributed by atoms with Crippen LogP contribution in [0, 0.1) is 11.8 Å². The van der Waals surface area contributed by atoms with Crippen LogP contribution in [0.5, 0.6) is 0 Å². The number of carbonyl (C=O) groups excluding carboxylic acids is 3. The smallest absolute Gasteiger partial charge is 0.326 e. The Morgan fingerprint density at radius 2 is 1.43 bits per heavy atom. The summed E-state index contributed by atoms with van der Waals surface area (Å²) in [5.41, 5.74) is 3.89. The molecule has 0 saturated heterocycles. The molecule has 9 heteroatoms. The quantitative estimate of drug-likeness (QED) is 0.158. The van der Waals surface area contributed by atoms with Crippen molar-refractivity contribution in [1.82, 2.24) is 15.5 Å². The fourth-order valence-electron chi connectivity index (χ4n) is 4.85. The highest BCUT2D eigenvalue weighted by Gasteiger charge is 2.29. The average Bonchev–Trinajstić information content (AvgIpc) is 3.01. The van der Waals surface area contributed by atoms with E-state index in [4.69, 9.17) is 4.74 Å². The average molecular weight is 602 g/mol. The van der Waals surface area contributed by atoms with Gasteiger partial charge >= 0.3 is 18.0 Å². The zero-order valence-electron chi connectivity index (χ0n) is 25.7. The normalized spacial score (nSPS) is 12.2. The molecule has 9 nitrogen and oxygen atoms in total. The summed E-state index contributed by atoms with van der Waals surface area (Å²) in [6.45, 7) is 5.88. The van der Waals surface area contributed by atoms with Gasteiger partial charge in [-0.05, 0) is 41.0 Å². The number of urea groups is 1.